The maximum atomic E-state index is 13.2. The van der Waals surface area contributed by atoms with Crippen LogP contribution in [0.25, 0.3) is 22.2 Å². The van der Waals surface area contributed by atoms with Crippen LogP contribution in [-0.4, -0.2) is 36.2 Å². The van der Waals surface area contributed by atoms with Crippen molar-refractivity contribution in [3.63, 3.8) is 0 Å². The average Bonchev–Trinajstić information content (AvgIpc) is 3.16. The van der Waals surface area contributed by atoms with Crippen molar-refractivity contribution in [2.24, 2.45) is 0 Å². The second kappa shape index (κ2) is 8.30. The molecular weight excluding hydrogens is 481 g/mol. The van der Waals surface area contributed by atoms with Gasteiger partial charge in [0, 0.05) is 15.6 Å². The summed E-state index contributed by atoms with van der Waals surface area (Å²) < 4.78 is 31.8. The molecule has 0 atom stereocenters. The van der Waals surface area contributed by atoms with E-state index in [1.54, 1.807) is 24.3 Å². The third-order valence-corrected chi connectivity index (χ3v) is 6.72. The zero-order valence-corrected chi connectivity index (χ0v) is 18.3. The highest BCUT2D eigenvalue weighted by Gasteiger charge is 2.28. The number of rotatable bonds is 6. The predicted molar refractivity (Wildman–Crippen MR) is 119 cm³/mol. The number of sulfonamides is 1. The van der Waals surface area contributed by atoms with Crippen molar-refractivity contribution < 1.29 is 22.8 Å². The van der Waals surface area contributed by atoms with Gasteiger partial charge >= 0.3 is 11.7 Å². The molecule has 32 heavy (non-hydrogen) atoms. The second-order valence-corrected chi connectivity index (χ2v) is 9.44. The van der Waals surface area contributed by atoms with Crippen LogP contribution in [0.15, 0.2) is 68.8 Å². The third-order valence-electron chi connectivity index (χ3n) is 4.53. The van der Waals surface area contributed by atoms with Gasteiger partial charge in [0.25, 0.3) is 10.0 Å². The largest absolute Gasteiger partial charge is 0.480 e. The molecule has 0 amide bonds. The fraction of sp³-hybridized carbons (Fsp3) is 0.0500. The number of carbonyl (C=O) groups is 1. The number of hydrogen-bond acceptors (Lipinski definition) is 6. The van der Waals surface area contributed by atoms with Crippen LogP contribution < -0.4 is 10.1 Å². The van der Waals surface area contributed by atoms with E-state index in [1.165, 1.54) is 30.3 Å². The van der Waals surface area contributed by atoms with Crippen molar-refractivity contribution in [2.75, 3.05) is 10.8 Å². The van der Waals surface area contributed by atoms with Gasteiger partial charge in [0.1, 0.15) is 6.54 Å². The van der Waals surface area contributed by atoms with Crippen molar-refractivity contribution in [1.29, 1.82) is 0 Å². The molecule has 0 spiro atoms. The van der Waals surface area contributed by atoms with Crippen LogP contribution in [0.5, 0.6) is 0 Å². The van der Waals surface area contributed by atoms with Crippen LogP contribution in [-0.2, 0) is 14.8 Å². The van der Waals surface area contributed by atoms with Gasteiger partial charge in [0.05, 0.1) is 10.6 Å². The summed E-state index contributed by atoms with van der Waals surface area (Å²) in [6.45, 7) is -0.809. The highest BCUT2D eigenvalue weighted by molar-refractivity contribution is 7.92. The number of carboxylic acid groups (broad SMARTS) is 1. The lowest BCUT2D eigenvalue weighted by molar-refractivity contribution is -0.135. The van der Waals surface area contributed by atoms with Gasteiger partial charge in [-0.15, -0.1) is 0 Å². The van der Waals surface area contributed by atoms with E-state index >= 15 is 0 Å². The number of aliphatic carboxylic acids is 1. The van der Waals surface area contributed by atoms with Gasteiger partial charge in [-0.3, -0.25) is 18.6 Å². The quantitative estimate of drug-likeness (QED) is 0.417. The zero-order valence-electron chi connectivity index (χ0n) is 16.0. The molecule has 1 heterocycles. The van der Waals surface area contributed by atoms with Gasteiger partial charge in [-0.25, -0.2) is 13.2 Å². The van der Waals surface area contributed by atoms with E-state index < -0.39 is 28.3 Å². The average molecular weight is 494 g/mol. The Kier molecular flexibility index (Phi) is 5.68. The van der Waals surface area contributed by atoms with Gasteiger partial charge in [0.15, 0.2) is 5.82 Å². The lowest BCUT2D eigenvalue weighted by Gasteiger charge is -2.23. The Morgan fingerprint density at radius 3 is 2.31 bits per heavy atom. The first-order chi connectivity index (χ1) is 15.1. The monoisotopic (exact) mass is 493 g/mol. The molecule has 12 heteroatoms. The van der Waals surface area contributed by atoms with Gasteiger partial charge in [-0.1, -0.05) is 46.6 Å². The number of fused-ring (bicyclic) bond motifs is 1. The minimum absolute atomic E-state index is 0.100. The van der Waals surface area contributed by atoms with Crippen molar-refractivity contribution in [2.45, 2.75) is 4.90 Å². The Bertz CT molecular complexity index is 1490. The van der Waals surface area contributed by atoms with Crippen LogP contribution in [0.4, 0.5) is 5.69 Å². The van der Waals surface area contributed by atoms with Crippen LogP contribution in [0, 0.1) is 0 Å². The van der Waals surface area contributed by atoms with Crippen molar-refractivity contribution in [1.82, 2.24) is 10.1 Å². The van der Waals surface area contributed by atoms with Crippen LogP contribution >= 0.6 is 23.2 Å². The van der Waals surface area contributed by atoms with Crippen LogP contribution in [0.3, 0.4) is 0 Å². The van der Waals surface area contributed by atoms with Gasteiger partial charge in [0.2, 0.25) is 0 Å². The molecule has 3 aromatic carbocycles. The molecule has 0 radical (unpaired) electrons. The molecule has 0 aliphatic heterocycles. The number of nitrogens with one attached hydrogen (secondary N) is 1. The zero-order chi connectivity index (χ0) is 23.0. The highest BCUT2D eigenvalue weighted by atomic mass is 35.5. The first-order valence-electron chi connectivity index (χ1n) is 8.94. The van der Waals surface area contributed by atoms with E-state index in [0.29, 0.717) is 16.3 Å². The van der Waals surface area contributed by atoms with E-state index in [4.69, 9.17) is 23.2 Å². The number of aromatic amines is 1. The lowest BCUT2D eigenvalue weighted by atomic mass is 10.1. The topological polar surface area (TPSA) is 134 Å². The Morgan fingerprint density at radius 2 is 1.69 bits per heavy atom. The van der Waals surface area contributed by atoms with Crippen LogP contribution in [0.1, 0.15) is 0 Å². The summed E-state index contributed by atoms with van der Waals surface area (Å²) in [7, 11) is -4.29. The molecule has 1 aromatic heterocycles. The fourth-order valence-corrected chi connectivity index (χ4v) is 5.27. The van der Waals surface area contributed by atoms with Crippen molar-refractivity contribution in [3.05, 3.63) is 75.2 Å². The molecule has 4 rings (SSSR count). The fourth-order valence-electron chi connectivity index (χ4n) is 3.13. The summed E-state index contributed by atoms with van der Waals surface area (Å²) in [5, 5.41) is 14.5. The van der Waals surface area contributed by atoms with Gasteiger partial charge < -0.3 is 5.11 Å². The number of benzene rings is 3. The summed E-state index contributed by atoms with van der Waals surface area (Å²) in [5.74, 6) is -1.79. The SMILES string of the molecule is O=C(O)CN(c1ccc2cc(-c3noc(=O)[nH]3)ccc2c1)S(=O)(=O)c1cc(Cl)cc(Cl)c1. The minimum Gasteiger partial charge on any atom is -0.480 e. The molecule has 0 saturated carbocycles. The maximum Gasteiger partial charge on any atom is 0.439 e. The first kappa shape index (κ1) is 21.9. The number of H-pyrrole nitrogens is 1. The van der Waals surface area contributed by atoms with E-state index in [0.717, 1.165) is 4.31 Å². The van der Waals surface area contributed by atoms with Crippen molar-refractivity contribution in [3.8, 4) is 11.4 Å². The molecule has 0 saturated heterocycles. The number of carboxylic acids is 1. The smallest absolute Gasteiger partial charge is 0.439 e. The van der Waals surface area contributed by atoms with Gasteiger partial charge in [-0.2, -0.15) is 0 Å². The molecule has 2 N–H and O–H groups in total. The highest BCUT2D eigenvalue weighted by Crippen LogP contribution is 2.31. The van der Waals surface area contributed by atoms with Crippen molar-refractivity contribution >= 4 is 55.7 Å². The minimum atomic E-state index is -4.29. The summed E-state index contributed by atoms with van der Waals surface area (Å²) in [5.41, 5.74) is 0.721. The Hall–Kier alpha value is -3.34. The summed E-state index contributed by atoms with van der Waals surface area (Å²) >= 11 is 11.9. The molecule has 0 aliphatic rings. The molecule has 0 bridgehead atoms. The van der Waals surface area contributed by atoms with E-state index in [1.807, 2.05) is 0 Å². The first-order valence-corrected chi connectivity index (χ1v) is 11.1. The number of anilines is 1. The maximum absolute atomic E-state index is 13.2. The predicted octanol–water partition coefficient (Wildman–Crippen LogP) is 3.77. The van der Waals surface area contributed by atoms with E-state index in [2.05, 4.69) is 14.7 Å². The Balaban J connectivity index is 1.80. The van der Waals surface area contributed by atoms with Gasteiger partial charge in [-0.05, 0) is 47.2 Å². The number of aromatic nitrogens is 2. The Labute approximate surface area is 190 Å². The number of halogens is 2. The molecule has 9 nitrogen and oxygen atoms in total. The summed E-state index contributed by atoms with van der Waals surface area (Å²) in [4.78, 5) is 24.8. The molecule has 0 unspecified atom stereocenters. The van der Waals surface area contributed by atoms with Crippen LogP contribution in [0.2, 0.25) is 10.0 Å². The number of nitrogens with zero attached hydrogens (tertiary/aromatic N) is 2. The summed E-state index contributed by atoms with van der Waals surface area (Å²) in [6, 6.07) is 13.5. The molecule has 4 aromatic rings. The normalized spacial score (nSPS) is 11.6. The molecule has 0 fully saturated rings. The molecule has 0 aliphatic carbocycles. The van der Waals surface area contributed by atoms with E-state index in [-0.39, 0.29) is 26.5 Å². The molecule has 164 valence electrons. The lowest BCUT2D eigenvalue weighted by Crippen LogP contribution is -2.35. The summed E-state index contributed by atoms with van der Waals surface area (Å²) in [6.07, 6.45) is 0. The number of hydrogen-bond donors (Lipinski definition) is 2. The third kappa shape index (κ3) is 4.33. The standard InChI is InChI=1S/C20H13Cl2N3O6S/c21-14-7-15(22)9-17(8-14)32(29,30)25(10-18(26)27)16-4-3-11-5-13(2-1-12(11)6-16)19-23-20(28)31-24-19/h1-9H,10H2,(H,26,27)(H,23,24,28). The van der Waals surface area contributed by atoms with E-state index in [9.17, 15) is 23.1 Å². The second-order valence-electron chi connectivity index (χ2n) is 6.70. The Morgan fingerprint density at radius 1 is 1.03 bits per heavy atom. The molecular formula is C20H13Cl2N3O6S.